The van der Waals surface area contributed by atoms with Gasteiger partial charge in [0.05, 0.1) is 0 Å². The van der Waals surface area contributed by atoms with Gasteiger partial charge in [0.1, 0.15) is 17.2 Å². The molecule has 1 amide bonds. The van der Waals surface area contributed by atoms with E-state index in [9.17, 15) is 13.6 Å². The van der Waals surface area contributed by atoms with Crippen molar-refractivity contribution in [1.29, 1.82) is 0 Å². The van der Waals surface area contributed by atoms with Crippen molar-refractivity contribution in [2.24, 2.45) is 0 Å². The summed E-state index contributed by atoms with van der Waals surface area (Å²) in [4.78, 5) is 16.4. The molecule has 0 N–H and O–H groups in total. The molecule has 132 valence electrons. The molecule has 1 aliphatic heterocycles. The Labute approximate surface area is 146 Å². The third kappa shape index (κ3) is 3.56. The Morgan fingerprint density at radius 3 is 2.28 bits per heavy atom. The second kappa shape index (κ2) is 7.31. The minimum absolute atomic E-state index is 0.242. The van der Waals surface area contributed by atoms with Crippen LogP contribution in [-0.2, 0) is 0 Å². The van der Waals surface area contributed by atoms with Gasteiger partial charge >= 0.3 is 0 Å². The summed E-state index contributed by atoms with van der Waals surface area (Å²) in [6.45, 7) is 5.94. The Morgan fingerprint density at radius 2 is 1.64 bits per heavy atom. The number of hydrogen-bond acceptors (Lipinski definition) is 2. The van der Waals surface area contributed by atoms with E-state index < -0.39 is 23.1 Å². The Hall–Kier alpha value is -2.27. The number of rotatable bonds is 3. The second-order valence-electron chi connectivity index (χ2n) is 6.47. The first-order valence-electron chi connectivity index (χ1n) is 8.52. The van der Waals surface area contributed by atoms with Crippen molar-refractivity contribution in [3.05, 3.63) is 70.8 Å². The maximum Gasteiger partial charge on any atom is 0.259 e. The van der Waals surface area contributed by atoms with E-state index in [1.165, 1.54) is 23.5 Å². The fraction of sp³-hybridized carbons (Fsp3) is 0.350. The lowest BCUT2D eigenvalue weighted by atomic mass is 10.1. The fourth-order valence-corrected chi connectivity index (χ4v) is 3.27. The van der Waals surface area contributed by atoms with Crippen molar-refractivity contribution in [3.63, 3.8) is 0 Å². The van der Waals surface area contributed by atoms with Crippen LogP contribution < -0.4 is 0 Å². The molecule has 0 spiro atoms. The number of carbonyl (C=O) groups excluding carboxylic acids is 1. The molecule has 1 aliphatic rings. The molecule has 3 nitrogen and oxygen atoms in total. The molecule has 0 saturated carbocycles. The van der Waals surface area contributed by atoms with Gasteiger partial charge in [0.25, 0.3) is 5.91 Å². The van der Waals surface area contributed by atoms with E-state index in [1.54, 1.807) is 0 Å². The van der Waals surface area contributed by atoms with Crippen molar-refractivity contribution in [2.75, 3.05) is 26.2 Å². The van der Waals surface area contributed by atoms with Gasteiger partial charge in [-0.1, -0.05) is 36.4 Å². The summed E-state index contributed by atoms with van der Waals surface area (Å²) >= 11 is 0. The molecule has 1 fully saturated rings. The van der Waals surface area contributed by atoms with E-state index in [1.807, 2.05) is 18.2 Å². The summed E-state index contributed by atoms with van der Waals surface area (Å²) in [5.41, 5.74) is 1.06. The minimum atomic E-state index is -0.798. The van der Waals surface area contributed by atoms with Crippen LogP contribution in [0.25, 0.3) is 0 Å². The predicted octanol–water partition coefficient (Wildman–Crippen LogP) is 3.79. The van der Waals surface area contributed by atoms with Gasteiger partial charge in [-0.15, -0.1) is 0 Å². The van der Waals surface area contributed by atoms with Crippen LogP contribution in [0.15, 0.2) is 42.5 Å². The second-order valence-corrected chi connectivity index (χ2v) is 6.47. The summed E-state index contributed by atoms with van der Waals surface area (Å²) in [5.74, 6) is -2.12. The van der Waals surface area contributed by atoms with Gasteiger partial charge in [0.15, 0.2) is 0 Å². The first-order chi connectivity index (χ1) is 12.0. The van der Waals surface area contributed by atoms with Crippen molar-refractivity contribution in [3.8, 4) is 0 Å². The number of amides is 1. The van der Waals surface area contributed by atoms with Crippen LogP contribution in [-0.4, -0.2) is 41.9 Å². The molecule has 0 radical (unpaired) electrons. The molecule has 3 rings (SSSR count). The van der Waals surface area contributed by atoms with E-state index in [4.69, 9.17) is 0 Å². The van der Waals surface area contributed by atoms with Crippen LogP contribution >= 0.6 is 0 Å². The molecule has 0 bridgehead atoms. The van der Waals surface area contributed by atoms with Crippen molar-refractivity contribution < 1.29 is 13.6 Å². The molecule has 5 heteroatoms. The van der Waals surface area contributed by atoms with Crippen molar-refractivity contribution in [1.82, 2.24) is 9.80 Å². The normalized spacial score (nSPS) is 16.7. The average Bonchev–Trinajstić information content (AvgIpc) is 2.65. The topological polar surface area (TPSA) is 23.6 Å². The highest BCUT2D eigenvalue weighted by Crippen LogP contribution is 2.23. The minimum Gasteiger partial charge on any atom is -0.336 e. The van der Waals surface area contributed by atoms with Crippen LogP contribution in [0.5, 0.6) is 0 Å². The predicted molar refractivity (Wildman–Crippen MR) is 93.4 cm³/mol. The van der Waals surface area contributed by atoms with Gasteiger partial charge in [-0.05, 0) is 31.0 Å². The standard InChI is InChI=1S/C20H22F2N2O/c1-14-8-9-17(21)18(19(14)22)20(25)24-12-10-23(11-13-24)15(2)16-6-4-3-5-7-16/h3-9,15H,10-13H2,1-2H3/t15-/m1/s1. The highest BCUT2D eigenvalue weighted by Gasteiger charge is 2.28. The maximum absolute atomic E-state index is 14.2. The van der Waals surface area contributed by atoms with Gasteiger partial charge < -0.3 is 4.90 Å². The largest absolute Gasteiger partial charge is 0.336 e. The van der Waals surface area contributed by atoms with Gasteiger partial charge in [0, 0.05) is 32.2 Å². The van der Waals surface area contributed by atoms with Crippen LogP contribution in [0.4, 0.5) is 8.78 Å². The summed E-state index contributed by atoms with van der Waals surface area (Å²) in [5, 5.41) is 0. The molecular formula is C20H22F2N2O. The molecule has 2 aromatic carbocycles. The zero-order valence-electron chi connectivity index (χ0n) is 14.5. The Balaban J connectivity index is 1.69. The smallest absolute Gasteiger partial charge is 0.259 e. The first-order valence-corrected chi connectivity index (χ1v) is 8.52. The Morgan fingerprint density at radius 1 is 1.00 bits per heavy atom. The molecular weight excluding hydrogens is 322 g/mol. The van der Waals surface area contributed by atoms with E-state index in [2.05, 4.69) is 24.0 Å². The third-order valence-electron chi connectivity index (χ3n) is 4.93. The molecule has 2 aromatic rings. The number of piperazine rings is 1. The van der Waals surface area contributed by atoms with E-state index in [-0.39, 0.29) is 11.6 Å². The van der Waals surface area contributed by atoms with Crippen LogP contribution in [0.1, 0.15) is 34.5 Å². The lowest BCUT2D eigenvalue weighted by Crippen LogP contribution is -2.49. The van der Waals surface area contributed by atoms with Gasteiger partial charge in [0.2, 0.25) is 0 Å². The van der Waals surface area contributed by atoms with Crippen LogP contribution in [0.2, 0.25) is 0 Å². The highest BCUT2D eigenvalue weighted by molar-refractivity contribution is 5.95. The van der Waals surface area contributed by atoms with E-state index >= 15 is 0 Å². The van der Waals surface area contributed by atoms with Crippen molar-refractivity contribution >= 4 is 5.91 Å². The summed E-state index contributed by atoms with van der Waals surface area (Å²) in [6.07, 6.45) is 0. The molecule has 1 atom stereocenters. The number of halogens is 2. The van der Waals surface area contributed by atoms with E-state index in [0.29, 0.717) is 26.2 Å². The Kier molecular flexibility index (Phi) is 5.13. The van der Waals surface area contributed by atoms with E-state index in [0.717, 1.165) is 6.07 Å². The fourth-order valence-electron chi connectivity index (χ4n) is 3.27. The molecule has 0 aliphatic carbocycles. The van der Waals surface area contributed by atoms with Crippen molar-refractivity contribution in [2.45, 2.75) is 19.9 Å². The highest BCUT2D eigenvalue weighted by atomic mass is 19.1. The third-order valence-corrected chi connectivity index (χ3v) is 4.93. The SMILES string of the molecule is Cc1ccc(F)c(C(=O)N2CCN([C@H](C)c3ccccc3)CC2)c1F. The van der Waals surface area contributed by atoms with Crippen LogP contribution in [0.3, 0.4) is 0 Å². The number of benzene rings is 2. The lowest BCUT2D eigenvalue weighted by molar-refractivity contribution is 0.0573. The number of carbonyl (C=O) groups is 1. The summed E-state index contributed by atoms with van der Waals surface area (Å²) < 4.78 is 28.2. The molecule has 1 heterocycles. The van der Waals surface area contributed by atoms with Crippen LogP contribution in [0, 0.1) is 18.6 Å². The lowest BCUT2D eigenvalue weighted by Gasteiger charge is -2.38. The zero-order valence-corrected chi connectivity index (χ0v) is 14.5. The monoisotopic (exact) mass is 344 g/mol. The average molecular weight is 344 g/mol. The molecule has 25 heavy (non-hydrogen) atoms. The number of nitrogens with zero attached hydrogens (tertiary/aromatic N) is 2. The molecule has 0 unspecified atom stereocenters. The van der Waals surface area contributed by atoms with Gasteiger partial charge in [-0.3, -0.25) is 9.69 Å². The maximum atomic E-state index is 14.2. The summed E-state index contributed by atoms with van der Waals surface area (Å²) in [6, 6.07) is 12.9. The quantitative estimate of drug-likeness (QED) is 0.846. The molecule has 1 saturated heterocycles. The van der Waals surface area contributed by atoms with Gasteiger partial charge in [-0.2, -0.15) is 0 Å². The zero-order chi connectivity index (χ0) is 18.0. The Bertz CT molecular complexity index is 756. The van der Waals surface area contributed by atoms with Gasteiger partial charge in [-0.25, -0.2) is 8.78 Å². The molecule has 0 aromatic heterocycles. The number of aryl methyl sites for hydroxylation is 1. The summed E-state index contributed by atoms with van der Waals surface area (Å²) in [7, 11) is 0. The number of hydrogen-bond donors (Lipinski definition) is 0. The first kappa shape index (κ1) is 17.5.